The number of rotatable bonds is 7. The lowest BCUT2D eigenvalue weighted by molar-refractivity contribution is -0.895. The molecular formula is C21H25FN3O3S+. The van der Waals surface area contributed by atoms with Gasteiger partial charge in [-0.2, -0.15) is 0 Å². The summed E-state index contributed by atoms with van der Waals surface area (Å²) in [5.74, 6) is -0.582. The third kappa shape index (κ3) is 6.20. The average molecular weight is 419 g/mol. The van der Waals surface area contributed by atoms with Gasteiger partial charge in [0.05, 0.1) is 31.1 Å². The van der Waals surface area contributed by atoms with Crippen molar-refractivity contribution < 1.29 is 23.7 Å². The summed E-state index contributed by atoms with van der Waals surface area (Å²) in [5.41, 5.74) is 0.439. The van der Waals surface area contributed by atoms with Gasteiger partial charge in [-0.3, -0.25) is 14.4 Å². The van der Waals surface area contributed by atoms with Gasteiger partial charge in [0.25, 0.3) is 5.91 Å². The molecule has 2 heterocycles. The van der Waals surface area contributed by atoms with E-state index in [1.807, 2.05) is 19.1 Å². The Kier molecular flexibility index (Phi) is 7.11. The largest absolute Gasteiger partial charge is 0.331 e. The van der Waals surface area contributed by atoms with Crippen LogP contribution in [-0.4, -0.2) is 55.2 Å². The highest BCUT2D eigenvalue weighted by molar-refractivity contribution is 7.14. The number of aryl methyl sites for hydroxylation is 1. The van der Waals surface area contributed by atoms with Gasteiger partial charge in [0.15, 0.2) is 12.3 Å². The molecule has 154 valence electrons. The van der Waals surface area contributed by atoms with Crippen LogP contribution in [0.2, 0.25) is 0 Å². The minimum Gasteiger partial charge on any atom is -0.331 e. The molecule has 1 aliphatic rings. The molecule has 2 amide bonds. The summed E-state index contributed by atoms with van der Waals surface area (Å²) in [4.78, 5) is 41.3. The zero-order valence-electron chi connectivity index (χ0n) is 16.4. The molecule has 0 aliphatic carbocycles. The number of piperazine rings is 1. The number of anilines is 1. The zero-order valence-corrected chi connectivity index (χ0v) is 17.2. The second-order valence-corrected chi connectivity index (χ2v) is 8.49. The number of nitrogens with one attached hydrogen (secondary N) is 2. The maximum atomic E-state index is 13.2. The number of ketones is 1. The van der Waals surface area contributed by atoms with Crippen molar-refractivity contribution in [2.45, 2.75) is 19.8 Å². The first-order chi connectivity index (χ1) is 13.9. The topological polar surface area (TPSA) is 70.9 Å². The normalized spacial score (nSPS) is 14.6. The van der Waals surface area contributed by atoms with E-state index < -0.39 is 5.82 Å². The molecule has 1 aromatic carbocycles. The zero-order chi connectivity index (χ0) is 20.8. The van der Waals surface area contributed by atoms with Crippen LogP contribution in [0, 0.1) is 12.7 Å². The Bertz CT molecular complexity index is 891. The first kappa shape index (κ1) is 21.1. The van der Waals surface area contributed by atoms with Crippen molar-refractivity contribution in [3.63, 3.8) is 0 Å². The number of hydrogen-bond donors (Lipinski definition) is 2. The van der Waals surface area contributed by atoms with E-state index in [0.717, 1.165) is 9.78 Å². The first-order valence-corrected chi connectivity index (χ1v) is 10.5. The molecule has 2 N–H and O–H groups in total. The smallest absolute Gasteiger partial charge is 0.279 e. The van der Waals surface area contributed by atoms with Crippen LogP contribution in [0.3, 0.4) is 0 Å². The maximum absolute atomic E-state index is 13.2. The quantitative estimate of drug-likeness (QED) is 0.670. The van der Waals surface area contributed by atoms with Crippen molar-refractivity contribution in [3.05, 3.63) is 52.0 Å². The Hall–Kier alpha value is -2.58. The molecule has 3 rings (SSSR count). The minimum atomic E-state index is -0.394. The molecular weight excluding hydrogens is 393 g/mol. The number of halogens is 1. The van der Waals surface area contributed by atoms with Crippen LogP contribution in [0.25, 0.3) is 0 Å². The summed E-state index contributed by atoms with van der Waals surface area (Å²) in [6, 6.07) is 9.52. The Morgan fingerprint density at radius 2 is 1.90 bits per heavy atom. The molecule has 1 fully saturated rings. The van der Waals surface area contributed by atoms with E-state index in [-0.39, 0.29) is 37.0 Å². The predicted octanol–water partition coefficient (Wildman–Crippen LogP) is 1.52. The highest BCUT2D eigenvalue weighted by Gasteiger charge is 2.25. The number of amides is 2. The van der Waals surface area contributed by atoms with Crippen LogP contribution in [0.15, 0.2) is 36.4 Å². The van der Waals surface area contributed by atoms with Crippen LogP contribution < -0.4 is 10.2 Å². The van der Waals surface area contributed by atoms with E-state index in [9.17, 15) is 18.8 Å². The highest BCUT2D eigenvalue weighted by atomic mass is 32.1. The van der Waals surface area contributed by atoms with Gasteiger partial charge in [-0.1, -0.05) is 6.07 Å². The lowest BCUT2D eigenvalue weighted by Crippen LogP contribution is -3.15. The monoisotopic (exact) mass is 418 g/mol. The molecule has 29 heavy (non-hydrogen) atoms. The fourth-order valence-corrected chi connectivity index (χ4v) is 4.17. The van der Waals surface area contributed by atoms with Gasteiger partial charge >= 0.3 is 0 Å². The van der Waals surface area contributed by atoms with Crippen molar-refractivity contribution in [1.82, 2.24) is 4.90 Å². The number of quaternary nitrogens is 1. The molecule has 0 atom stereocenters. The van der Waals surface area contributed by atoms with Gasteiger partial charge in [-0.15, -0.1) is 11.3 Å². The Balaban J connectivity index is 1.38. The molecule has 0 saturated carbocycles. The summed E-state index contributed by atoms with van der Waals surface area (Å²) < 4.78 is 13.2. The maximum Gasteiger partial charge on any atom is 0.279 e. The van der Waals surface area contributed by atoms with Crippen LogP contribution >= 0.6 is 11.3 Å². The van der Waals surface area contributed by atoms with Gasteiger partial charge in [0, 0.05) is 23.4 Å². The summed E-state index contributed by atoms with van der Waals surface area (Å²) >= 11 is 1.45. The van der Waals surface area contributed by atoms with Gasteiger partial charge in [-0.05, 0) is 37.3 Å². The van der Waals surface area contributed by atoms with E-state index in [2.05, 4.69) is 5.32 Å². The Morgan fingerprint density at radius 1 is 1.14 bits per heavy atom. The van der Waals surface area contributed by atoms with Crippen LogP contribution in [0.1, 0.15) is 27.4 Å². The van der Waals surface area contributed by atoms with Crippen molar-refractivity contribution in [1.29, 1.82) is 0 Å². The molecule has 1 saturated heterocycles. The molecule has 0 unspecified atom stereocenters. The molecule has 2 aromatic rings. The van der Waals surface area contributed by atoms with Gasteiger partial charge < -0.3 is 15.1 Å². The van der Waals surface area contributed by atoms with Crippen molar-refractivity contribution in [3.8, 4) is 0 Å². The van der Waals surface area contributed by atoms with E-state index in [4.69, 9.17) is 0 Å². The first-order valence-electron chi connectivity index (χ1n) is 9.67. The molecule has 0 bridgehead atoms. The molecule has 6 nitrogen and oxygen atoms in total. The minimum absolute atomic E-state index is 0.00901. The average Bonchev–Trinajstić information content (AvgIpc) is 3.13. The number of thiophene rings is 1. The molecule has 0 spiro atoms. The summed E-state index contributed by atoms with van der Waals surface area (Å²) in [7, 11) is 0. The molecule has 8 heteroatoms. The second-order valence-electron chi connectivity index (χ2n) is 7.20. The van der Waals surface area contributed by atoms with E-state index >= 15 is 0 Å². The number of Topliss-reactive ketones (excluding diaryl/α,β-unsaturated/α-hetero) is 1. The van der Waals surface area contributed by atoms with E-state index in [1.54, 1.807) is 17.0 Å². The highest BCUT2D eigenvalue weighted by Crippen LogP contribution is 2.17. The van der Waals surface area contributed by atoms with Gasteiger partial charge in [0.2, 0.25) is 5.91 Å². The summed E-state index contributed by atoms with van der Waals surface area (Å²) in [5, 5.41) is 2.70. The van der Waals surface area contributed by atoms with Gasteiger partial charge in [0.1, 0.15) is 5.82 Å². The van der Waals surface area contributed by atoms with Crippen LogP contribution in [0.4, 0.5) is 10.1 Å². The van der Waals surface area contributed by atoms with E-state index in [0.29, 0.717) is 36.7 Å². The van der Waals surface area contributed by atoms with E-state index in [1.165, 1.54) is 23.5 Å². The third-order valence-electron chi connectivity index (χ3n) is 4.92. The number of hydrogen-bond acceptors (Lipinski definition) is 4. The SMILES string of the molecule is Cc1ccc(C(=O)CCC(=O)N2CC[NH+](CC(=O)Nc3cccc(F)c3)CC2)s1. The molecule has 1 aromatic heterocycles. The van der Waals surface area contributed by atoms with Crippen LogP contribution in [-0.2, 0) is 9.59 Å². The van der Waals surface area contributed by atoms with Crippen molar-refractivity contribution in [2.24, 2.45) is 0 Å². The van der Waals surface area contributed by atoms with Crippen molar-refractivity contribution >= 4 is 34.6 Å². The Morgan fingerprint density at radius 3 is 2.55 bits per heavy atom. The standard InChI is InChI=1S/C21H24FN3O3S/c1-15-5-7-19(29-15)18(26)6-8-21(28)25-11-9-24(10-12-25)14-20(27)23-17-4-2-3-16(22)13-17/h2-5,7,13H,6,8-12,14H2,1H3,(H,23,27)/p+1. The lowest BCUT2D eigenvalue weighted by Gasteiger charge is -2.31. The number of carbonyl (C=O) groups is 3. The van der Waals surface area contributed by atoms with Crippen LogP contribution in [0.5, 0.6) is 0 Å². The van der Waals surface area contributed by atoms with Gasteiger partial charge in [-0.25, -0.2) is 4.39 Å². The fraction of sp³-hybridized carbons (Fsp3) is 0.381. The van der Waals surface area contributed by atoms with Crippen molar-refractivity contribution in [2.75, 3.05) is 38.0 Å². The lowest BCUT2D eigenvalue weighted by atomic mass is 10.1. The number of nitrogens with zero attached hydrogens (tertiary/aromatic N) is 1. The molecule has 1 aliphatic heterocycles. The predicted molar refractivity (Wildman–Crippen MR) is 110 cm³/mol. The number of benzene rings is 1. The summed E-state index contributed by atoms with van der Waals surface area (Å²) in [6.07, 6.45) is 0.438. The third-order valence-corrected chi connectivity index (χ3v) is 5.97. The Labute approximate surface area is 173 Å². The summed E-state index contributed by atoms with van der Waals surface area (Å²) in [6.45, 7) is 4.68. The number of carbonyl (C=O) groups excluding carboxylic acids is 3. The molecule has 0 radical (unpaired) electrons. The fourth-order valence-electron chi connectivity index (χ4n) is 3.33. The second kappa shape index (κ2) is 9.76.